The zero-order chi connectivity index (χ0) is 37.8. The first-order valence-corrected chi connectivity index (χ1v) is 28.8. The summed E-state index contributed by atoms with van der Waals surface area (Å²) in [6.07, 6.45) is 5.02. The molecule has 2 aliphatic heterocycles. The van der Waals surface area contributed by atoms with Gasteiger partial charge in [-0.25, -0.2) is 0 Å². The highest BCUT2D eigenvalue weighted by atomic mass is 28.4. The molecule has 0 bridgehead atoms. The van der Waals surface area contributed by atoms with E-state index in [1.165, 1.54) is 0 Å². The fraction of sp³-hybridized carbons (Fsp3) is 0.949. The van der Waals surface area contributed by atoms with Crippen molar-refractivity contribution in [2.45, 2.75) is 200 Å². The van der Waals surface area contributed by atoms with Gasteiger partial charge in [-0.2, -0.15) is 0 Å². The molecule has 7 nitrogen and oxygen atoms in total. The van der Waals surface area contributed by atoms with Crippen LogP contribution in [0.3, 0.4) is 0 Å². The van der Waals surface area contributed by atoms with Gasteiger partial charge in [0.25, 0.3) is 0 Å². The van der Waals surface area contributed by atoms with Gasteiger partial charge >= 0.3 is 0 Å². The Hall–Kier alpha value is 0.111. The number of aliphatic hydroxyl groups excluding tert-OH is 1. The average Bonchev–Trinajstić information content (AvgIpc) is 2.92. The van der Waals surface area contributed by atoms with E-state index in [0.717, 1.165) is 24.5 Å². The van der Waals surface area contributed by atoms with Crippen LogP contribution in [0.25, 0.3) is 0 Å². The molecule has 0 saturated carbocycles. The Morgan fingerprint density at radius 1 is 0.898 bits per heavy atom. The molecule has 290 valence electrons. The lowest BCUT2D eigenvalue weighted by Gasteiger charge is -2.55. The lowest BCUT2D eigenvalue weighted by Crippen LogP contribution is -2.61. The average molecular weight is 745 g/mol. The summed E-state index contributed by atoms with van der Waals surface area (Å²) in [4.78, 5) is 0. The van der Waals surface area contributed by atoms with Crippen LogP contribution in [0.15, 0.2) is 11.6 Å². The van der Waals surface area contributed by atoms with Crippen molar-refractivity contribution in [3.8, 4) is 0 Å². The Morgan fingerprint density at radius 2 is 1.47 bits per heavy atom. The minimum absolute atomic E-state index is 0.0252. The van der Waals surface area contributed by atoms with E-state index in [0.29, 0.717) is 25.4 Å². The van der Waals surface area contributed by atoms with Crippen molar-refractivity contribution in [2.75, 3.05) is 20.0 Å². The summed E-state index contributed by atoms with van der Waals surface area (Å²) < 4.78 is 40.8. The van der Waals surface area contributed by atoms with Gasteiger partial charge in [-0.3, -0.25) is 0 Å². The predicted molar refractivity (Wildman–Crippen MR) is 213 cm³/mol. The second kappa shape index (κ2) is 17.5. The summed E-state index contributed by atoms with van der Waals surface area (Å²) in [5.41, 5.74) is 1.10. The van der Waals surface area contributed by atoms with Gasteiger partial charge in [0.15, 0.2) is 22.4 Å². The van der Waals surface area contributed by atoms with Crippen molar-refractivity contribution in [3.63, 3.8) is 0 Å². The monoisotopic (exact) mass is 745 g/mol. The van der Waals surface area contributed by atoms with Gasteiger partial charge in [-0.1, -0.05) is 95.0 Å². The lowest BCUT2D eigenvalue weighted by molar-refractivity contribution is -0.350. The van der Waals surface area contributed by atoms with Crippen LogP contribution in [-0.2, 0) is 27.8 Å². The normalized spacial score (nSPS) is 29.5. The molecule has 8 atom stereocenters. The van der Waals surface area contributed by atoms with E-state index in [9.17, 15) is 5.11 Å². The van der Waals surface area contributed by atoms with Gasteiger partial charge < -0.3 is 32.9 Å². The molecule has 1 spiro atoms. The summed E-state index contributed by atoms with van der Waals surface area (Å²) in [7, 11) is -5.28. The van der Waals surface area contributed by atoms with Gasteiger partial charge in [0, 0.05) is 46.0 Å². The first kappa shape index (κ1) is 45.3. The molecule has 0 aliphatic carbocycles. The quantitative estimate of drug-likeness (QED) is 0.0730. The summed E-state index contributed by atoms with van der Waals surface area (Å²) in [5, 5.41) is 10.3. The molecule has 0 amide bonds. The number of rotatable bonds is 16. The number of hydrogen-bond donors (Lipinski definition) is 1. The van der Waals surface area contributed by atoms with Crippen molar-refractivity contribution in [2.24, 2.45) is 17.8 Å². The van der Waals surface area contributed by atoms with Crippen LogP contribution in [0.2, 0.25) is 61.9 Å². The molecule has 49 heavy (non-hydrogen) atoms. The summed E-state index contributed by atoms with van der Waals surface area (Å²) in [5.74, 6) is -0.232. The fourth-order valence-corrected chi connectivity index (χ4v) is 10.1. The van der Waals surface area contributed by atoms with Crippen LogP contribution in [0.5, 0.6) is 0 Å². The molecule has 1 N–H and O–H groups in total. The smallest absolute Gasteiger partial charge is 0.192 e. The van der Waals surface area contributed by atoms with E-state index >= 15 is 0 Å². The van der Waals surface area contributed by atoms with Crippen LogP contribution in [-0.4, -0.2) is 86.1 Å². The Morgan fingerprint density at radius 3 is 1.98 bits per heavy atom. The van der Waals surface area contributed by atoms with E-state index in [1.807, 2.05) is 6.92 Å². The first-order valence-electron chi connectivity index (χ1n) is 19.3. The number of hydrogen-bond acceptors (Lipinski definition) is 7. The highest BCUT2D eigenvalue weighted by Crippen LogP contribution is 2.49. The number of aliphatic hydroxyl groups is 1. The third kappa shape index (κ3) is 13.2. The molecular formula is C39H80O7Si3. The molecule has 10 heteroatoms. The van der Waals surface area contributed by atoms with E-state index < -0.39 is 30.5 Å². The molecular weight excluding hydrogens is 665 g/mol. The van der Waals surface area contributed by atoms with Gasteiger partial charge in [-0.05, 0) is 73.6 Å². The molecule has 2 fully saturated rings. The van der Waals surface area contributed by atoms with Crippen molar-refractivity contribution in [1.82, 2.24) is 0 Å². The maximum Gasteiger partial charge on any atom is 0.192 e. The largest absolute Gasteiger partial charge is 0.414 e. The van der Waals surface area contributed by atoms with Crippen molar-refractivity contribution in [3.05, 3.63) is 11.6 Å². The van der Waals surface area contributed by atoms with Crippen LogP contribution in [0, 0.1) is 17.8 Å². The van der Waals surface area contributed by atoms with E-state index in [-0.39, 0.29) is 65.8 Å². The van der Waals surface area contributed by atoms with Gasteiger partial charge in [0.1, 0.15) is 6.79 Å². The summed E-state index contributed by atoms with van der Waals surface area (Å²) in [6.45, 7) is 42.3. The lowest BCUT2D eigenvalue weighted by atomic mass is 9.81. The van der Waals surface area contributed by atoms with Crippen LogP contribution in [0.1, 0.15) is 102 Å². The second-order valence-corrected chi connectivity index (χ2v) is 35.3. The Bertz CT molecular complexity index is 1040. The zero-order valence-corrected chi connectivity index (χ0v) is 38.2. The highest BCUT2D eigenvalue weighted by Gasteiger charge is 2.55. The van der Waals surface area contributed by atoms with Crippen LogP contribution in [0.4, 0.5) is 0 Å². The van der Waals surface area contributed by atoms with Crippen molar-refractivity contribution < 1.29 is 32.9 Å². The molecule has 0 radical (unpaired) electrons. The Kier molecular flexibility index (Phi) is 16.2. The number of ether oxygens (including phenoxy) is 4. The SMILES string of the molecule is C/C(=C\C[C@@H]1C[C@H](O[Si](C)(C)C(C)(C)C)C[C@]2(C[C@H](O[Si](C)(C)C(C)(C)C)[C@H](C)[C@@H](C(C)C)O2)O1)[C@@H](OCOCC[Si](C)(C)C)[C@@H](C)CO. The molecule has 2 aliphatic rings. The fourth-order valence-electron chi connectivity index (χ4n) is 6.55. The minimum Gasteiger partial charge on any atom is -0.414 e. The third-order valence-electron chi connectivity index (χ3n) is 11.9. The Balaban J connectivity index is 2.41. The maximum absolute atomic E-state index is 10.1. The van der Waals surface area contributed by atoms with E-state index in [1.54, 1.807) is 0 Å². The van der Waals surface area contributed by atoms with E-state index in [4.69, 9.17) is 27.8 Å². The zero-order valence-electron chi connectivity index (χ0n) is 35.2. The van der Waals surface area contributed by atoms with Crippen LogP contribution >= 0.6 is 0 Å². The van der Waals surface area contributed by atoms with E-state index in [2.05, 4.69) is 121 Å². The van der Waals surface area contributed by atoms with Gasteiger partial charge in [0.2, 0.25) is 0 Å². The minimum atomic E-state index is -2.06. The molecule has 0 aromatic heterocycles. The van der Waals surface area contributed by atoms with Gasteiger partial charge in [-0.15, -0.1) is 0 Å². The highest BCUT2D eigenvalue weighted by molar-refractivity contribution is 6.76. The molecule has 0 aromatic rings. The van der Waals surface area contributed by atoms with Crippen molar-refractivity contribution >= 4 is 24.7 Å². The third-order valence-corrected chi connectivity index (χ3v) is 22.6. The van der Waals surface area contributed by atoms with Crippen LogP contribution < -0.4 is 0 Å². The van der Waals surface area contributed by atoms with Crippen molar-refractivity contribution in [1.29, 1.82) is 0 Å². The predicted octanol–water partition coefficient (Wildman–Crippen LogP) is 10.4. The molecule has 0 aromatic carbocycles. The second-order valence-electron chi connectivity index (χ2n) is 20.2. The first-order chi connectivity index (χ1) is 22.1. The summed E-state index contributed by atoms with van der Waals surface area (Å²) >= 11 is 0. The molecule has 2 heterocycles. The topological polar surface area (TPSA) is 75.6 Å². The molecule has 2 saturated heterocycles. The standard InChI is InChI=1S/C39H80O7Si3/c1-28(2)35-31(5)34(46-49(17,18)38(9,10)11)25-39(44-35)24-33(45-48(15,16)37(6,7)8)23-32(43-39)20-19-29(3)36(30(4)26-40)42-27-41-21-22-47(12,13)14/h19,28,30-36,40H,20-27H2,1-18H3/b29-19+/t30-,31-,32+,33-,34-,35+,36+,39-/m0/s1. The maximum atomic E-state index is 10.1. The summed E-state index contributed by atoms with van der Waals surface area (Å²) in [6, 6.07) is 1.10. The van der Waals surface area contributed by atoms with Gasteiger partial charge in [0.05, 0.1) is 30.5 Å². The molecule has 0 unspecified atom stereocenters. The molecule has 2 rings (SSSR count). The Labute approximate surface area is 306 Å².